The number of nitrogens with one attached hydrogen (secondary N) is 1. The molecule has 2 aliphatic carbocycles. The summed E-state index contributed by atoms with van der Waals surface area (Å²) in [5.74, 6) is 1.66. The maximum Gasteiger partial charge on any atom is 0.134 e. The van der Waals surface area contributed by atoms with Gasteiger partial charge in [0.2, 0.25) is 0 Å². The number of furan rings is 1. The molecule has 4 nitrogen and oxygen atoms in total. The molecule has 0 fully saturated rings. The van der Waals surface area contributed by atoms with Gasteiger partial charge in [0.1, 0.15) is 11.3 Å². The molecular formula is C51H55N3O. The minimum atomic E-state index is 0.589. The molecule has 0 amide bonds. The molecule has 1 atom stereocenters. The Balaban J connectivity index is 0.000000229. The average Bonchev–Trinajstić information content (AvgIpc) is 3.62. The van der Waals surface area contributed by atoms with Crippen molar-refractivity contribution in [2.24, 2.45) is 10.7 Å². The van der Waals surface area contributed by atoms with Crippen molar-refractivity contribution >= 4 is 46.8 Å². The first-order chi connectivity index (χ1) is 27.0. The third-order valence-electron chi connectivity index (χ3n) is 9.32. The van der Waals surface area contributed by atoms with Crippen LogP contribution < -0.4 is 5.73 Å². The molecule has 2 aliphatic rings. The molecule has 0 saturated carbocycles. The van der Waals surface area contributed by atoms with Crippen LogP contribution in [0.25, 0.3) is 44.5 Å². The monoisotopic (exact) mass is 725 g/mol. The highest BCUT2D eigenvalue weighted by Gasteiger charge is 2.21. The molecule has 8 rings (SSSR count). The Labute approximate surface area is 328 Å². The van der Waals surface area contributed by atoms with Crippen LogP contribution in [0.2, 0.25) is 0 Å². The number of nitrogens with zero attached hydrogens (tertiary/aromatic N) is 1. The number of benzene rings is 5. The minimum absolute atomic E-state index is 0.589. The molecule has 0 radical (unpaired) electrons. The third-order valence-corrected chi connectivity index (χ3v) is 9.32. The van der Waals surface area contributed by atoms with Crippen molar-refractivity contribution in [1.29, 1.82) is 5.41 Å². The Morgan fingerprint density at radius 2 is 1.51 bits per heavy atom. The van der Waals surface area contributed by atoms with Crippen molar-refractivity contribution in [2.45, 2.75) is 46.0 Å². The zero-order valence-corrected chi connectivity index (χ0v) is 32.8. The van der Waals surface area contributed by atoms with Crippen molar-refractivity contribution in [3.63, 3.8) is 0 Å². The van der Waals surface area contributed by atoms with E-state index in [-0.39, 0.29) is 0 Å². The zero-order valence-electron chi connectivity index (χ0n) is 32.8. The quantitative estimate of drug-likeness (QED) is 0.132. The van der Waals surface area contributed by atoms with Gasteiger partial charge in [-0.3, -0.25) is 4.99 Å². The Kier molecular flexibility index (Phi) is 16.8. The van der Waals surface area contributed by atoms with Gasteiger partial charge in [-0.15, -0.1) is 0 Å². The van der Waals surface area contributed by atoms with Crippen LogP contribution in [0.15, 0.2) is 173 Å². The number of hydrogen-bond acceptors (Lipinski definition) is 4. The molecule has 0 bridgehead atoms. The third kappa shape index (κ3) is 11.7. The van der Waals surface area contributed by atoms with Crippen LogP contribution in [-0.4, -0.2) is 27.0 Å². The first-order valence-corrected chi connectivity index (χ1v) is 18.9. The van der Waals surface area contributed by atoms with E-state index in [1.165, 1.54) is 67.7 Å². The maximum atomic E-state index is 6.17. The van der Waals surface area contributed by atoms with Crippen molar-refractivity contribution in [2.75, 3.05) is 13.6 Å². The second kappa shape index (κ2) is 22.2. The summed E-state index contributed by atoms with van der Waals surface area (Å²) in [7, 11) is 1.50. The summed E-state index contributed by atoms with van der Waals surface area (Å²) in [6, 6.07) is 40.7. The van der Waals surface area contributed by atoms with Crippen LogP contribution in [0.5, 0.6) is 0 Å². The largest absolute Gasteiger partial charge is 0.460 e. The van der Waals surface area contributed by atoms with Crippen LogP contribution in [0.4, 0.5) is 0 Å². The van der Waals surface area contributed by atoms with Gasteiger partial charge in [-0.25, -0.2) is 0 Å². The van der Waals surface area contributed by atoms with Gasteiger partial charge < -0.3 is 15.6 Å². The van der Waals surface area contributed by atoms with Crippen molar-refractivity contribution < 1.29 is 4.42 Å². The van der Waals surface area contributed by atoms with Gasteiger partial charge in [0.25, 0.3) is 0 Å². The highest BCUT2D eigenvalue weighted by atomic mass is 16.3. The van der Waals surface area contributed by atoms with E-state index >= 15 is 0 Å². The number of aliphatic imine (C=N–C) groups is 1. The molecule has 3 N–H and O–H groups in total. The van der Waals surface area contributed by atoms with Gasteiger partial charge in [0.05, 0.1) is 6.54 Å². The van der Waals surface area contributed by atoms with Gasteiger partial charge in [0, 0.05) is 23.3 Å². The van der Waals surface area contributed by atoms with E-state index < -0.39 is 0 Å². The van der Waals surface area contributed by atoms with Gasteiger partial charge >= 0.3 is 0 Å². The highest BCUT2D eigenvalue weighted by Crippen LogP contribution is 2.38. The Morgan fingerprint density at radius 3 is 2.18 bits per heavy atom. The lowest BCUT2D eigenvalue weighted by molar-refractivity contribution is 0.545. The maximum absolute atomic E-state index is 6.17. The summed E-state index contributed by atoms with van der Waals surface area (Å²) in [4.78, 5) is 4.12. The second-order valence-corrected chi connectivity index (χ2v) is 13.2. The van der Waals surface area contributed by atoms with Gasteiger partial charge in [-0.2, -0.15) is 0 Å². The zero-order chi connectivity index (χ0) is 39.4. The Hall–Kier alpha value is -6.10. The first-order valence-electron chi connectivity index (χ1n) is 18.9. The van der Waals surface area contributed by atoms with Gasteiger partial charge in [-0.1, -0.05) is 151 Å². The van der Waals surface area contributed by atoms with Gasteiger partial charge in [0.15, 0.2) is 0 Å². The molecule has 1 heterocycles. The normalized spacial score (nSPS) is 14.2. The lowest BCUT2D eigenvalue weighted by atomic mass is 9.90. The standard InChI is InChI=1S/C29H25NO.C13H14.C7H8.CH5N.CH3N/c1-3-4-5-7-20-10-11-21-12-13-22(17-25(21)16-20)23-14-15-27-26(18-23)29-24(19-30-2)8-6-9-28(29)31-27;1-11-6-5-9-13(10-11)12-7-3-2-4-8-12;1-7-5-3-2-4-6-7;2*1-2/h3-5,7-8,10-18H,2,6,9,19H2,1H3;2-8,10,13H,9H2,1H3;2-6H,1H3;2H2,1H3;2H,1H2/b4-3-,7-5-;;;;. The second-order valence-electron chi connectivity index (χ2n) is 13.2. The molecule has 1 unspecified atom stereocenters. The summed E-state index contributed by atoms with van der Waals surface area (Å²) in [5, 5.41) is 9.16. The van der Waals surface area contributed by atoms with E-state index in [0.717, 1.165) is 30.6 Å². The van der Waals surface area contributed by atoms with Crippen LogP contribution >= 0.6 is 0 Å². The molecule has 55 heavy (non-hydrogen) atoms. The Morgan fingerprint density at radius 1 is 0.818 bits per heavy atom. The SMILES string of the molecule is C=N.C=NCC1=CCCc2oc3ccc(-c4ccc5ccc(/C=C\C=C/C)cc5c4)cc3c21.CC1=CC(c2ccccc2)CC=C1.CN.Cc1ccccc1. The van der Waals surface area contributed by atoms with Crippen LogP contribution in [0.1, 0.15) is 60.6 Å². The molecule has 0 saturated heterocycles. The van der Waals surface area contributed by atoms with Crippen molar-refractivity contribution in [1.82, 2.24) is 0 Å². The number of nitrogens with two attached hydrogens (primary N) is 1. The fourth-order valence-corrected chi connectivity index (χ4v) is 6.73. The van der Waals surface area contributed by atoms with Crippen LogP contribution in [0, 0.1) is 12.3 Å². The smallest absolute Gasteiger partial charge is 0.134 e. The van der Waals surface area contributed by atoms with E-state index in [4.69, 9.17) is 9.83 Å². The van der Waals surface area contributed by atoms with E-state index in [1.807, 2.05) is 37.3 Å². The average molecular weight is 726 g/mol. The Bertz CT molecular complexity index is 2270. The van der Waals surface area contributed by atoms with E-state index in [1.54, 1.807) is 0 Å². The predicted octanol–water partition coefficient (Wildman–Crippen LogP) is 13.4. The van der Waals surface area contributed by atoms with Crippen molar-refractivity contribution in [3.05, 3.63) is 191 Å². The fraction of sp³-hybridized carbons (Fsp3) is 0.176. The summed E-state index contributed by atoms with van der Waals surface area (Å²) in [6.07, 6.45) is 20.4. The summed E-state index contributed by atoms with van der Waals surface area (Å²) < 4.78 is 6.17. The summed E-state index contributed by atoms with van der Waals surface area (Å²) in [5.41, 5.74) is 15.6. The van der Waals surface area contributed by atoms with Crippen molar-refractivity contribution in [3.8, 4) is 11.1 Å². The number of rotatable bonds is 6. The van der Waals surface area contributed by atoms with Gasteiger partial charge in [-0.05, 0) is 117 Å². The molecule has 280 valence electrons. The van der Waals surface area contributed by atoms with Crippen LogP contribution in [-0.2, 0) is 6.42 Å². The summed E-state index contributed by atoms with van der Waals surface area (Å²) in [6.45, 7) is 13.1. The van der Waals surface area contributed by atoms with Crippen LogP contribution in [0.3, 0.4) is 0 Å². The number of fused-ring (bicyclic) bond motifs is 4. The first kappa shape index (κ1) is 41.7. The van der Waals surface area contributed by atoms with E-state index in [2.05, 4.69) is 172 Å². The molecule has 0 spiro atoms. The fourth-order valence-electron chi connectivity index (χ4n) is 6.73. The molecule has 6 aromatic rings. The molecule has 0 aliphatic heterocycles. The van der Waals surface area contributed by atoms with E-state index in [0.29, 0.717) is 12.5 Å². The molecule has 5 aromatic carbocycles. The number of allylic oxidation sites excluding steroid dienone is 8. The lowest BCUT2D eigenvalue weighted by Gasteiger charge is -2.15. The lowest BCUT2D eigenvalue weighted by Crippen LogP contribution is -1.99. The highest BCUT2D eigenvalue weighted by molar-refractivity contribution is 5.97. The topological polar surface area (TPSA) is 75.4 Å². The van der Waals surface area contributed by atoms with E-state index in [9.17, 15) is 0 Å². The number of hydrogen-bond donors (Lipinski definition) is 2. The minimum Gasteiger partial charge on any atom is -0.460 e. The molecular weight excluding hydrogens is 671 g/mol. The molecule has 4 heteroatoms. The summed E-state index contributed by atoms with van der Waals surface area (Å²) >= 11 is 0. The predicted molar refractivity (Wildman–Crippen MR) is 242 cm³/mol. The number of aryl methyl sites for hydroxylation is 2. The molecule has 1 aromatic heterocycles.